The van der Waals surface area contributed by atoms with Crippen molar-refractivity contribution in [2.45, 2.75) is 25.7 Å². The van der Waals surface area contributed by atoms with Crippen LogP contribution in [0.2, 0.25) is 0 Å². The maximum absolute atomic E-state index is 12.8. The van der Waals surface area contributed by atoms with Gasteiger partial charge in [0.25, 0.3) is 0 Å². The van der Waals surface area contributed by atoms with Gasteiger partial charge in [0.05, 0.1) is 26.7 Å². The van der Waals surface area contributed by atoms with E-state index in [2.05, 4.69) is 6.58 Å². The maximum Gasteiger partial charge on any atom is 0.317 e. The van der Waals surface area contributed by atoms with Crippen LogP contribution in [-0.4, -0.2) is 26.2 Å². The van der Waals surface area contributed by atoms with Crippen LogP contribution in [0.15, 0.2) is 35.8 Å². The van der Waals surface area contributed by atoms with Crippen molar-refractivity contribution in [1.29, 1.82) is 0 Å². The molecule has 0 spiro atoms. The quantitative estimate of drug-likeness (QED) is 0.579. The number of esters is 2. The lowest BCUT2D eigenvalue weighted by Crippen LogP contribution is -2.47. The van der Waals surface area contributed by atoms with Crippen LogP contribution in [0.5, 0.6) is 0 Å². The lowest BCUT2D eigenvalue weighted by Gasteiger charge is -2.37. The van der Waals surface area contributed by atoms with Gasteiger partial charge < -0.3 is 14.2 Å². The highest BCUT2D eigenvalue weighted by Gasteiger charge is 2.64. The molecule has 0 saturated heterocycles. The lowest BCUT2D eigenvalue weighted by atomic mass is 9.63. The Morgan fingerprint density at radius 3 is 2.68 bits per heavy atom. The summed E-state index contributed by atoms with van der Waals surface area (Å²) >= 11 is 0. The molecule has 3 aliphatic rings. The molecule has 0 radical (unpaired) electrons. The van der Waals surface area contributed by atoms with E-state index < -0.39 is 23.3 Å². The van der Waals surface area contributed by atoms with Crippen molar-refractivity contribution in [3.63, 3.8) is 0 Å². The summed E-state index contributed by atoms with van der Waals surface area (Å²) in [6.07, 6.45) is 6.00. The van der Waals surface area contributed by atoms with Crippen molar-refractivity contribution < 1.29 is 23.8 Å². The van der Waals surface area contributed by atoms with Crippen LogP contribution < -0.4 is 0 Å². The van der Waals surface area contributed by atoms with E-state index in [1.165, 1.54) is 14.2 Å². The molecule has 3 rings (SSSR count). The molecule has 2 saturated carbocycles. The number of rotatable bonds is 2. The first-order valence-corrected chi connectivity index (χ1v) is 7.45. The summed E-state index contributed by atoms with van der Waals surface area (Å²) in [5.41, 5.74) is 1.49. The minimum atomic E-state index is -1.07. The second-order valence-corrected chi connectivity index (χ2v) is 6.04. The average Bonchev–Trinajstić information content (AvgIpc) is 2.74. The van der Waals surface area contributed by atoms with Crippen molar-refractivity contribution in [2.75, 3.05) is 14.2 Å². The average molecular weight is 304 g/mol. The second-order valence-electron chi connectivity index (χ2n) is 6.04. The summed E-state index contributed by atoms with van der Waals surface area (Å²) in [6.45, 7) is 4.17. The third kappa shape index (κ3) is 1.77. The molecule has 0 aromatic rings. The summed E-state index contributed by atoms with van der Waals surface area (Å²) in [4.78, 5) is 25.4. The van der Waals surface area contributed by atoms with E-state index in [1.54, 1.807) is 12.5 Å². The van der Waals surface area contributed by atoms with E-state index in [9.17, 15) is 9.59 Å². The number of carbonyl (C=O) groups is 2. The van der Waals surface area contributed by atoms with Gasteiger partial charge in [0, 0.05) is 5.92 Å². The normalized spacial score (nSPS) is 32.9. The van der Waals surface area contributed by atoms with Gasteiger partial charge >= 0.3 is 11.9 Å². The van der Waals surface area contributed by atoms with Crippen molar-refractivity contribution in [2.24, 2.45) is 17.3 Å². The van der Waals surface area contributed by atoms with Gasteiger partial charge in [-0.05, 0) is 36.8 Å². The summed E-state index contributed by atoms with van der Waals surface area (Å²) in [5.74, 6) is -1.65. The lowest BCUT2D eigenvalue weighted by molar-refractivity contribution is -0.163. The largest absolute Gasteiger partial charge is 0.473 e. The number of allylic oxidation sites excluding steroid dienone is 1. The second kappa shape index (κ2) is 5.30. The van der Waals surface area contributed by atoms with Gasteiger partial charge in [-0.1, -0.05) is 12.2 Å². The zero-order chi connectivity index (χ0) is 15.9. The highest BCUT2D eigenvalue weighted by Crippen LogP contribution is 2.61. The monoisotopic (exact) mass is 304 g/mol. The van der Waals surface area contributed by atoms with Gasteiger partial charge in [0.1, 0.15) is 11.3 Å². The molecule has 0 unspecified atom stereocenters. The van der Waals surface area contributed by atoms with Crippen LogP contribution in [-0.2, 0) is 23.8 Å². The van der Waals surface area contributed by atoms with Gasteiger partial charge in [-0.3, -0.25) is 9.59 Å². The minimum absolute atomic E-state index is 0.122. The van der Waals surface area contributed by atoms with E-state index >= 15 is 0 Å². The summed E-state index contributed by atoms with van der Waals surface area (Å²) in [5, 5.41) is 0. The molecule has 3 atom stereocenters. The van der Waals surface area contributed by atoms with Crippen molar-refractivity contribution in [3.8, 4) is 0 Å². The van der Waals surface area contributed by atoms with Crippen LogP contribution >= 0.6 is 0 Å². The van der Waals surface area contributed by atoms with Gasteiger partial charge in [-0.2, -0.15) is 0 Å². The molecule has 2 fully saturated rings. The molecule has 0 aromatic carbocycles. The van der Waals surface area contributed by atoms with Crippen LogP contribution in [0.4, 0.5) is 0 Å². The van der Waals surface area contributed by atoms with E-state index in [0.29, 0.717) is 12.8 Å². The molecule has 118 valence electrons. The number of hydrogen-bond acceptors (Lipinski definition) is 5. The smallest absolute Gasteiger partial charge is 0.317 e. The molecule has 0 N–H and O–H groups in total. The summed E-state index contributed by atoms with van der Waals surface area (Å²) in [6, 6.07) is 0. The molecule has 2 aliphatic carbocycles. The van der Waals surface area contributed by atoms with Crippen molar-refractivity contribution in [1.82, 2.24) is 0 Å². The molecule has 0 amide bonds. The molecule has 0 aromatic heterocycles. The number of hydrogen-bond donors (Lipinski definition) is 0. The van der Waals surface area contributed by atoms with Gasteiger partial charge in [-0.25, -0.2) is 0 Å². The van der Waals surface area contributed by atoms with Crippen LogP contribution in [0, 0.1) is 17.3 Å². The van der Waals surface area contributed by atoms with E-state index in [1.807, 2.05) is 0 Å². The third-order valence-electron chi connectivity index (χ3n) is 5.23. The first kappa shape index (κ1) is 14.9. The third-order valence-corrected chi connectivity index (χ3v) is 5.23. The fourth-order valence-corrected chi connectivity index (χ4v) is 4.29. The number of ether oxygens (including phenoxy) is 3. The van der Waals surface area contributed by atoms with Crippen molar-refractivity contribution in [3.05, 3.63) is 35.8 Å². The van der Waals surface area contributed by atoms with Crippen molar-refractivity contribution >= 4 is 11.9 Å². The molecule has 1 aliphatic heterocycles. The SMILES string of the molecule is C=C1CCC2=COC=C3CC[C@@H]1[C@@]3(C(=O)OC)[C@H]2C(=O)OC. The zero-order valence-electron chi connectivity index (χ0n) is 12.9. The fourth-order valence-electron chi connectivity index (χ4n) is 4.29. The highest BCUT2D eigenvalue weighted by molar-refractivity contribution is 5.92. The van der Waals surface area contributed by atoms with E-state index in [4.69, 9.17) is 14.2 Å². The maximum atomic E-state index is 12.8. The van der Waals surface area contributed by atoms with E-state index in [0.717, 1.165) is 29.6 Å². The first-order valence-electron chi connectivity index (χ1n) is 7.45. The minimum Gasteiger partial charge on any atom is -0.473 e. The van der Waals surface area contributed by atoms with Crippen LogP contribution in [0.25, 0.3) is 0 Å². The number of carbonyl (C=O) groups excluding carboxylic acids is 2. The van der Waals surface area contributed by atoms with E-state index in [-0.39, 0.29) is 5.92 Å². The Balaban J connectivity index is 2.29. The van der Waals surface area contributed by atoms with Gasteiger partial charge in [0.15, 0.2) is 0 Å². The molecular weight excluding hydrogens is 284 g/mol. The Hall–Kier alpha value is -2.04. The van der Waals surface area contributed by atoms with Gasteiger partial charge in [-0.15, -0.1) is 0 Å². The fraction of sp³-hybridized carbons (Fsp3) is 0.529. The Labute approximate surface area is 129 Å². The highest BCUT2D eigenvalue weighted by atomic mass is 16.5. The Bertz CT molecular complexity index is 600. The summed E-state index contributed by atoms with van der Waals surface area (Å²) in [7, 11) is 2.70. The van der Waals surface area contributed by atoms with Crippen LogP contribution in [0.1, 0.15) is 25.7 Å². The number of fused-ring (bicyclic) bond motifs is 1. The Kier molecular flexibility index (Phi) is 3.59. The standard InChI is InChI=1S/C17H20O5/c1-10-4-5-11-8-22-9-12-6-7-13(10)17(12,16(19)21-3)14(11)15(18)20-2/h8-9,13-14H,1,4-7H2,2-3H3/t13-,14+,17+/m0/s1. The first-order chi connectivity index (χ1) is 10.6. The zero-order valence-corrected chi connectivity index (χ0v) is 12.9. The molecule has 5 nitrogen and oxygen atoms in total. The number of methoxy groups -OCH3 is 2. The van der Waals surface area contributed by atoms with Crippen LogP contribution in [0.3, 0.4) is 0 Å². The van der Waals surface area contributed by atoms with Gasteiger partial charge in [0.2, 0.25) is 0 Å². The molecule has 2 bridgehead atoms. The topological polar surface area (TPSA) is 61.8 Å². The Morgan fingerprint density at radius 2 is 2.00 bits per heavy atom. The predicted octanol–water partition coefficient (Wildman–Crippen LogP) is 2.49. The summed E-state index contributed by atoms with van der Waals surface area (Å²) < 4.78 is 15.6. The Morgan fingerprint density at radius 1 is 1.23 bits per heavy atom. The predicted molar refractivity (Wildman–Crippen MR) is 78.3 cm³/mol. The molecular formula is C17H20O5. The molecule has 5 heteroatoms. The molecule has 1 heterocycles. The molecule has 22 heavy (non-hydrogen) atoms.